The number of hydrogen-bond acceptors (Lipinski definition) is 1. The van der Waals surface area contributed by atoms with E-state index in [2.05, 4.69) is 154 Å². The van der Waals surface area contributed by atoms with Gasteiger partial charge >= 0.3 is 0 Å². The lowest BCUT2D eigenvalue weighted by molar-refractivity contribution is 0.597. The zero-order valence-electron chi connectivity index (χ0n) is 27.8. The van der Waals surface area contributed by atoms with E-state index in [0.29, 0.717) is 6.04 Å². The molecular formula is C46H34S. The summed E-state index contributed by atoms with van der Waals surface area (Å²) in [5.41, 5.74) is 8.90. The van der Waals surface area contributed by atoms with E-state index in [1.165, 1.54) is 80.7 Å². The molecule has 0 aliphatic heterocycles. The average Bonchev–Trinajstić information content (AvgIpc) is 3.49. The Morgan fingerprint density at radius 3 is 1.77 bits per heavy atom. The molecule has 0 saturated heterocycles. The van der Waals surface area contributed by atoms with Crippen LogP contribution >= 0.6 is 11.3 Å². The molecule has 0 aliphatic rings. The normalized spacial score (nSPS) is 12.4. The van der Waals surface area contributed by atoms with Crippen LogP contribution < -0.4 is 0 Å². The fourth-order valence-electron chi connectivity index (χ4n) is 7.58. The quantitative estimate of drug-likeness (QED) is 0.173. The molecule has 0 fully saturated rings. The van der Waals surface area contributed by atoms with Crippen molar-refractivity contribution >= 4 is 63.8 Å². The Labute approximate surface area is 281 Å². The molecule has 1 aromatic heterocycles. The Kier molecular flexibility index (Phi) is 6.11. The van der Waals surface area contributed by atoms with Crippen molar-refractivity contribution in [3.05, 3.63) is 157 Å². The van der Waals surface area contributed by atoms with Crippen molar-refractivity contribution in [1.29, 1.82) is 0 Å². The van der Waals surface area contributed by atoms with Crippen molar-refractivity contribution in [2.45, 2.75) is 26.2 Å². The molecule has 0 amide bonds. The first kappa shape index (κ1) is 26.9. The Morgan fingerprint density at radius 1 is 0.489 bits per heavy atom. The minimum absolute atomic E-state index is 0.0294. The molecule has 0 nitrogen and oxygen atoms in total. The van der Waals surface area contributed by atoms with Crippen molar-refractivity contribution in [3.8, 4) is 33.4 Å². The van der Waals surface area contributed by atoms with Crippen LogP contribution in [0.2, 0.25) is 0 Å². The van der Waals surface area contributed by atoms with Gasteiger partial charge in [-0.1, -0.05) is 160 Å². The van der Waals surface area contributed by atoms with Gasteiger partial charge in [0.05, 0.1) is 1.37 Å². The minimum Gasteiger partial charge on any atom is -0.135 e. The maximum atomic E-state index is 8.09. The first-order chi connectivity index (χ1) is 23.4. The lowest BCUT2D eigenvalue weighted by atomic mass is 9.81. The van der Waals surface area contributed by atoms with E-state index in [4.69, 9.17) is 1.37 Å². The maximum absolute atomic E-state index is 8.09. The Bertz CT molecular complexity index is 2670. The summed E-state index contributed by atoms with van der Waals surface area (Å²) >= 11 is 1.93. The molecule has 9 rings (SSSR count). The first-order valence-corrected chi connectivity index (χ1v) is 17.2. The molecule has 8 aromatic carbocycles. The van der Waals surface area contributed by atoms with Gasteiger partial charge in [-0.2, -0.15) is 0 Å². The second-order valence-corrected chi connectivity index (χ2v) is 14.6. The van der Waals surface area contributed by atoms with Gasteiger partial charge in [0.25, 0.3) is 0 Å². The van der Waals surface area contributed by atoms with Gasteiger partial charge in [0.1, 0.15) is 0 Å². The van der Waals surface area contributed by atoms with E-state index >= 15 is 0 Å². The molecule has 0 atom stereocenters. The second-order valence-electron chi connectivity index (χ2n) is 13.6. The summed E-state index contributed by atoms with van der Waals surface area (Å²) in [5.74, 6) is 0. The van der Waals surface area contributed by atoms with Crippen molar-refractivity contribution in [2.24, 2.45) is 0 Å². The van der Waals surface area contributed by atoms with Crippen molar-refractivity contribution in [2.75, 3.05) is 0 Å². The number of fused-ring (bicyclic) bond motifs is 6. The van der Waals surface area contributed by atoms with Gasteiger partial charge in [-0.3, -0.25) is 0 Å². The summed E-state index contributed by atoms with van der Waals surface area (Å²) in [7, 11) is 0. The average molecular weight is 620 g/mol. The molecular weight excluding hydrogens is 585 g/mol. The number of thiophene rings is 1. The topological polar surface area (TPSA) is 0 Å². The van der Waals surface area contributed by atoms with Crippen LogP contribution in [-0.4, -0.2) is 0 Å². The molecule has 9 aromatic rings. The van der Waals surface area contributed by atoms with Crippen LogP contribution in [0.4, 0.5) is 0 Å². The predicted octanol–water partition coefficient (Wildman–Crippen LogP) is 13.8. The van der Waals surface area contributed by atoms with Gasteiger partial charge in [-0.25, -0.2) is 0 Å². The highest BCUT2D eigenvalue weighted by molar-refractivity contribution is 7.26. The molecule has 0 bridgehead atoms. The minimum atomic E-state index is 0.0294. The predicted molar refractivity (Wildman–Crippen MR) is 207 cm³/mol. The van der Waals surface area contributed by atoms with Gasteiger partial charge in [-0.05, 0) is 88.8 Å². The van der Waals surface area contributed by atoms with Crippen LogP contribution in [-0.2, 0) is 5.41 Å². The van der Waals surface area contributed by atoms with E-state index in [1.54, 1.807) is 0 Å². The molecule has 0 unspecified atom stereocenters. The monoisotopic (exact) mass is 619 g/mol. The molecule has 224 valence electrons. The van der Waals surface area contributed by atoms with Crippen molar-refractivity contribution in [1.82, 2.24) is 0 Å². The molecule has 1 heteroatoms. The fourth-order valence-corrected chi connectivity index (χ4v) is 9.04. The highest BCUT2D eigenvalue weighted by atomic mass is 32.1. The van der Waals surface area contributed by atoms with Crippen LogP contribution in [0.3, 0.4) is 0 Å². The second kappa shape index (κ2) is 10.7. The zero-order valence-corrected chi connectivity index (χ0v) is 27.6. The molecule has 0 saturated carbocycles. The molecule has 1 heterocycles. The fraction of sp³-hybridized carbons (Fsp3) is 0.0870. The SMILES string of the molecule is [2H]c1ccc2cc(-c3ccccc3-c3c4ccccc4c(-c4ccc(C(C)(C)C)c5sc6ccccc6c45)c4ccccc34)ccc2c1. The summed E-state index contributed by atoms with van der Waals surface area (Å²) in [6.45, 7) is 6.97. The summed E-state index contributed by atoms with van der Waals surface area (Å²) in [4.78, 5) is 0. The van der Waals surface area contributed by atoms with Crippen LogP contribution in [0.5, 0.6) is 0 Å². The van der Waals surface area contributed by atoms with Crippen LogP contribution in [0.15, 0.2) is 152 Å². The number of rotatable bonds is 3. The summed E-state index contributed by atoms with van der Waals surface area (Å²) in [6, 6.07) is 53.5. The highest BCUT2D eigenvalue weighted by Crippen LogP contribution is 2.50. The van der Waals surface area contributed by atoms with Crippen molar-refractivity contribution in [3.63, 3.8) is 0 Å². The molecule has 0 N–H and O–H groups in total. The Morgan fingerprint density at radius 2 is 1.09 bits per heavy atom. The van der Waals surface area contributed by atoms with Gasteiger partial charge in [0.15, 0.2) is 0 Å². The third-order valence-corrected chi connectivity index (χ3v) is 10.9. The van der Waals surface area contributed by atoms with Gasteiger partial charge in [0.2, 0.25) is 0 Å². The van der Waals surface area contributed by atoms with E-state index in [-0.39, 0.29) is 5.41 Å². The van der Waals surface area contributed by atoms with Gasteiger partial charge in [0, 0.05) is 20.2 Å². The van der Waals surface area contributed by atoms with Gasteiger partial charge in [-0.15, -0.1) is 11.3 Å². The lowest BCUT2D eigenvalue weighted by Crippen LogP contribution is -2.11. The molecule has 0 aliphatic carbocycles. The molecule has 0 radical (unpaired) electrons. The lowest BCUT2D eigenvalue weighted by Gasteiger charge is -2.23. The summed E-state index contributed by atoms with van der Waals surface area (Å²) in [6.07, 6.45) is 0. The third kappa shape index (κ3) is 4.42. The molecule has 47 heavy (non-hydrogen) atoms. The van der Waals surface area contributed by atoms with Gasteiger partial charge < -0.3 is 0 Å². The number of hydrogen-bond donors (Lipinski definition) is 0. The summed E-state index contributed by atoms with van der Waals surface area (Å²) < 4.78 is 10.8. The zero-order chi connectivity index (χ0) is 32.6. The standard InChI is InChI=1S/C46H34S/c1-46(2,3)40-27-26-39(44-38-22-12-13-23-41(38)47-45(40)44)43-36-20-10-8-18-34(36)42(35-19-9-11-21-37(35)43)33-17-7-6-16-32(33)31-25-24-29-14-4-5-15-30(29)28-31/h4-28H,1-3H3/i4D. The van der Waals surface area contributed by atoms with E-state index < -0.39 is 0 Å². The van der Waals surface area contributed by atoms with E-state index in [9.17, 15) is 0 Å². The van der Waals surface area contributed by atoms with E-state index in [1.807, 2.05) is 23.5 Å². The van der Waals surface area contributed by atoms with Crippen LogP contribution in [0.25, 0.3) is 85.9 Å². The Balaban J connectivity index is 1.39. The van der Waals surface area contributed by atoms with Crippen LogP contribution in [0, 0.1) is 0 Å². The Hall–Kier alpha value is -5.24. The summed E-state index contributed by atoms with van der Waals surface area (Å²) in [5, 5.41) is 9.97. The van der Waals surface area contributed by atoms with Crippen molar-refractivity contribution < 1.29 is 1.37 Å². The largest absolute Gasteiger partial charge is 0.135 e. The van der Waals surface area contributed by atoms with E-state index in [0.717, 1.165) is 10.8 Å². The third-order valence-electron chi connectivity index (χ3n) is 9.73. The first-order valence-electron chi connectivity index (χ1n) is 16.9. The molecule has 0 spiro atoms. The van der Waals surface area contributed by atoms with Crippen LogP contribution in [0.1, 0.15) is 27.7 Å². The number of benzene rings is 8. The smallest absolute Gasteiger partial charge is 0.0623 e. The maximum Gasteiger partial charge on any atom is 0.0623 e. The highest BCUT2D eigenvalue weighted by Gasteiger charge is 2.25.